The summed E-state index contributed by atoms with van der Waals surface area (Å²) in [6, 6.07) is 17.9. The summed E-state index contributed by atoms with van der Waals surface area (Å²) in [4.78, 5) is 18.7. The van der Waals surface area contributed by atoms with Crippen molar-refractivity contribution < 1.29 is 10.0 Å². The van der Waals surface area contributed by atoms with Gasteiger partial charge in [0.25, 0.3) is 5.91 Å². The van der Waals surface area contributed by atoms with Gasteiger partial charge in [-0.1, -0.05) is 54.6 Å². The zero-order valence-corrected chi connectivity index (χ0v) is 12.9. The van der Waals surface area contributed by atoms with E-state index in [1.165, 1.54) is 6.08 Å². The molecule has 0 fully saturated rings. The molecule has 0 radical (unpaired) electrons. The molecule has 5 heteroatoms. The van der Waals surface area contributed by atoms with E-state index in [4.69, 9.17) is 5.21 Å². The summed E-state index contributed by atoms with van der Waals surface area (Å²) in [5.74, 6) is 0.347. The van der Waals surface area contributed by atoms with Gasteiger partial charge in [0.2, 0.25) is 0 Å². The number of aromatic amines is 1. The Balaban J connectivity index is 1.67. The SMILES string of the molecule is O=C(/C=C/c1ccc(Cc2ncc(-c3ccccc3)[nH]2)cc1)NO. The molecule has 0 aliphatic heterocycles. The van der Waals surface area contributed by atoms with Gasteiger partial charge in [-0.25, -0.2) is 10.5 Å². The second-order valence-corrected chi connectivity index (χ2v) is 5.34. The predicted molar refractivity (Wildman–Crippen MR) is 92.2 cm³/mol. The monoisotopic (exact) mass is 319 g/mol. The third kappa shape index (κ3) is 3.97. The Kier molecular flexibility index (Phi) is 4.84. The number of carbonyl (C=O) groups excluding carboxylic acids is 1. The Labute approximate surface area is 139 Å². The van der Waals surface area contributed by atoms with Gasteiger partial charge in [-0.2, -0.15) is 0 Å². The maximum atomic E-state index is 11.0. The van der Waals surface area contributed by atoms with Crippen LogP contribution in [0.3, 0.4) is 0 Å². The van der Waals surface area contributed by atoms with Crippen molar-refractivity contribution in [3.05, 3.63) is 83.8 Å². The van der Waals surface area contributed by atoms with Gasteiger partial charge < -0.3 is 4.98 Å². The quantitative estimate of drug-likeness (QED) is 0.384. The molecule has 0 saturated carbocycles. The van der Waals surface area contributed by atoms with Crippen LogP contribution < -0.4 is 5.48 Å². The molecular weight excluding hydrogens is 302 g/mol. The van der Waals surface area contributed by atoms with Crippen LogP contribution in [0.4, 0.5) is 0 Å². The van der Waals surface area contributed by atoms with E-state index >= 15 is 0 Å². The first-order chi connectivity index (χ1) is 11.7. The molecule has 2 aromatic carbocycles. The molecule has 120 valence electrons. The summed E-state index contributed by atoms with van der Waals surface area (Å²) < 4.78 is 0. The van der Waals surface area contributed by atoms with Gasteiger partial charge in [-0.05, 0) is 22.8 Å². The van der Waals surface area contributed by atoms with Crippen molar-refractivity contribution in [2.24, 2.45) is 0 Å². The molecule has 3 N–H and O–H groups in total. The summed E-state index contributed by atoms with van der Waals surface area (Å²) >= 11 is 0. The molecule has 0 bridgehead atoms. The molecule has 0 spiro atoms. The van der Waals surface area contributed by atoms with Crippen molar-refractivity contribution in [2.75, 3.05) is 0 Å². The van der Waals surface area contributed by atoms with Gasteiger partial charge in [-0.3, -0.25) is 10.0 Å². The standard InChI is InChI=1S/C19H17N3O2/c23-19(22-24)11-10-14-6-8-15(9-7-14)12-18-20-13-17(21-18)16-4-2-1-3-5-16/h1-11,13,24H,12H2,(H,20,21)(H,22,23)/b11-10+. The van der Waals surface area contributed by atoms with E-state index < -0.39 is 5.91 Å². The lowest BCUT2D eigenvalue weighted by Crippen LogP contribution is -2.14. The summed E-state index contributed by atoms with van der Waals surface area (Å²) in [6.07, 6.45) is 5.45. The fraction of sp³-hybridized carbons (Fsp3) is 0.0526. The van der Waals surface area contributed by atoms with E-state index in [-0.39, 0.29) is 0 Å². The van der Waals surface area contributed by atoms with Crippen molar-refractivity contribution in [1.82, 2.24) is 15.4 Å². The molecule has 1 amide bonds. The summed E-state index contributed by atoms with van der Waals surface area (Å²) in [5, 5.41) is 8.44. The lowest BCUT2D eigenvalue weighted by Gasteiger charge is -2.00. The average Bonchev–Trinajstić information content (AvgIpc) is 3.10. The molecule has 1 aromatic heterocycles. The van der Waals surface area contributed by atoms with Gasteiger partial charge in [-0.15, -0.1) is 0 Å². The van der Waals surface area contributed by atoms with Crippen molar-refractivity contribution in [2.45, 2.75) is 6.42 Å². The van der Waals surface area contributed by atoms with Gasteiger partial charge in [0, 0.05) is 12.5 Å². The zero-order valence-electron chi connectivity index (χ0n) is 12.9. The zero-order chi connectivity index (χ0) is 16.8. The topological polar surface area (TPSA) is 78.0 Å². The van der Waals surface area contributed by atoms with E-state index in [0.29, 0.717) is 6.42 Å². The molecule has 0 saturated heterocycles. The number of H-pyrrole nitrogens is 1. The molecule has 1 heterocycles. The molecule has 0 aliphatic carbocycles. The number of benzene rings is 2. The highest BCUT2D eigenvalue weighted by molar-refractivity contribution is 5.90. The smallest absolute Gasteiger partial charge is 0.267 e. The first kappa shape index (κ1) is 15.7. The lowest BCUT2D eigenvalue weighted by molar-refractivity contribution is -0.124. The molecule has 24 heavy (non-hydrogen) atoms. The van der Waals surface area contributed by atoms with Crippen LogP contribution in [0.5, 0.6) is 0 Å². The van der Waals surface area contributed by atoms with Gasteiger partial charge in [0.15, 0.2) is 0 Å². The number of hydroxylamine groups is 1. The number of hydrogen-bond acceptors (Lipinski definition) is 3. The Morgan fingerprint density at radius 3 is 2.58 bits per heavy atom. The Bertz CT molecular complexity index is 837. The van der Waals surface area contributed by atoms with E-state index in [1.54, 1.807) is 11.6 Å². The number of carbonyl (C=O) groups is 1. The second kappa shape index (κ2) is 7.39. The Hall–Kier alpha value is -3.18. The first-order valence-corrected chi connectivity index (χ1v) is 7.55. The maximum Gasteiger partial charge on any atom is 0.267 e. The Morgan fingerprint density at radius 1 is 1.12 bits per heavy atom. The molecule has 3 aromatic rings. The van der Waals surface area contributed by atoms with Crippen molar-refractivity contribution >= 4 is 12.0 Å². The normalized spacial score (nSPS) is 10.9. The minimum absolute atomic E-state index is 0.553. The number of amides is 1. The molecule has 5 nitrogen and oxygen atoms in total. The summed E-state index contributed by atoms with van der Waals surface area (Å²) in [5.41, 5.74) is 5.67. The van der Waals surface area contributed by atoms with Crippen LogP contribution in [0.1, 0.15) is 17.0 Å². The molecule has 3 rings (SSSR count). The molecular formula is C19H17N3O2. The van der Waals surface area contributed by atoms with Crippen LogP contribution in [-0.4, -0.2) is 21.1 Å². The summed E-state index contributed by atoms with van der Waals surface area (Å²) in [7, 11) is 0. The largest absolute Gasteiger partial charge is 0.342 e. The van der Waals surface area contributed by atoms with E-state index in [1.807, 2.05) is 60.8 Å². The minimum atomic E-state index is -0.553. The highest BCUT2D eigenvalue weighted by Crippen LogP contribution is 2.17. The van der Waals surface area contributed by atoms with Crippen molar-refractivity contribution in [1.29, 1.82) is 0 Å². The van der Waals surface area contributed by atoms with Gasteiger partial charge in [0.05, 0.1) is 11.9 Å². The van der Waals surface area contributed by atoms with Gasteiger partial charge >= 0.3 is 0 Å². The maximum absolute atomic E-state index is 11.0. The van der Waals surface area contributed by atoms with Crippen LogP contribution in [0.2, 0.25) is 0 Å². The number of nitrogens with one attached hydrogen (secondary N) is 2. The highest BCUT2D eigenvalue weighted by Gasteiger charge is 2.04. The number of aromatic nitrogens is 2. The number of nitrogens with zero attached hydrogens (tertiary/aromatic N) is 1. The van der Waals surface area contributed by atoms with E-state index in [2.05, 4.69) is 9.97 Å². The number of imidazole rings is 1. The van der Waals surface area contributed by atoms with Crippen LogP contribution in [0.25, 0.3) is 17.3 Å². The summed E-state index contributed by atoms with van der Waals surface area (Å²) in [6.45, 7) is 0. The van der Waals surface area contributed by atoms with Crippen molar-refractivity contribution in [3.8, 4) is 11.3 Å². The first-order valence-electron chi connectivity index (χ1n) is 7.55. The van der Waals surface area contributed by atoms with Crippen LogP contribution in [-0.2, 0) is 11.2 Å². The van der Waals surface area contributed by atoms with E-state index in [0.717, 1.165) is 28.2 Å². The highest BCUT2D eigenvalue weighted by atomic mass is 16.5. The van der Waals surface area contributed by atoms with Crippen LogP contribution in [0, 0.1) is 0 Å². The van der Waals surface area contributed by atoms with Gasteiger partial charge in [0.1, 0.15) is 5.82 Å². The fourth-order valence-electron chi connectivity index (χ4n) is 2.37. The number of rotatable bonds is 5. The third-order valence-electron chi connectivity index (χ3n) is 3.60. The fourth-order valence-corrected chi connectivity index (χ4v) is 2.37. The third-order valence-corrected chi connectivity index (χ3v) is 3.60. The second-order valence-electron chi connectivity index (χ2n) is 5.34. The van der Waals surface area contributed by atoms with Crippen molar-refractivity contribution in [3.63, 3.8) is 0 Å². The predicted octanol–water partition coefficient (Wildman–Crippen LogP) is 3.19. The molecule has 0 aliphatic rings. The minimum Gasteiger partial charge on any atom is -0.342 e. The molecule has 0 atom stereocenters. The van der Waals surface area contributed by atoms with Crippen LogP contribution >= 0.6 is 0 Å². The average molecular weight is 319 g/mol. The van der Waals surface area contributed by atoms with Crippen LogP contribution in [0.15, 0.2) is 66.9 Å². The number of hydrogen-bond donors (Lipinski definition) is 3. The molecule has 0 unspecified atom stereocenters. The van der Waals surface area contributed by atoms with E-state index in [9.17, 15) is 4.79 Å². The lowest BCUT2D eigenvalue weighted by atomic mass is 10.1. The Morgan fingerprint density at radius 2 is 1.88 bits per heavy atom.